The lowest BCUT2D eigenvalue weighted by atomic mass is 9.95. The van der Waals surface area contributed by atoms with E-state index in [0.717, 1.165) is 35.6 Å². The number of nitrogens with zero attached hydrogens (tertiary/aromatic N) is 2. The molecule has 6 heteroatoms. The zero-order chi connectivity index (χ0) is 17.5. The van der Waals surface area contributed by atoms with Crippen LogP contribution in [0.3, 0.4) is 0 Å². The minimum atomic E-state index is -0.170. The first-order valence-corrected chi connectivity index (χ1v) is 8.79. The molecule has 0 unspecified atom stereocenters. The Kier molecular flexibility index (Phi) is 4.73. The Balaban J connectivity index is 1.86. The highest BCUT2D eigenvalue weighted by Crippen LogP contribution is 2.27. The molecule has 0 aliphatic carbocycles. The van der Waals surface area contributed by atoms with Gasteiger partial charge in [-0.05, 0) is 12.1 Å². The second kappa shape index (κ2) is 6.51. The van der Waals surface area contributed by atoms with Crippen molar-refractivity contribution in [3.8, 4) is 0 Å². The van der Waals surface area contributed by atoms with Crippen LogP contribution in [0.5, 0.6) is 0 Å². The van der Waals surface area contributed by atoms with Gasteiger partial charge < -0.3 is 4.98 Å². The summed E-state index contributed by atoms with van der Waals surface area (Å²) in [5.41, 5.74) is 2.35. The Morgan fingerprint density at radius 2 is 1.92 bits per heavy atom. The van der Waals surface area contributed by atoms with Gasteiger partial charge in [-0.3, -0.25) is 9.69 Å². The summed E-state index contributed by atoms with van der Waals surface area (Å²) in [6.07, 6.45) is 0.754. The molecule has 128 valence electrons. The Morgan fingerprint density at radius 1 is 1.25 bits per heavy atom. The summed E-state index contributed by atoms with van der Waals surface area (Å²) in [4.78, 5) is 22.3. The third-order valence-corrected chi connectivity index (χ3v) is 5.01. The number of halogens is 2. The van der Waals surface area contributed by atoms with Gasteiger partial charge in [-0.1, -0.05) is 50.0 Å². The molecule has 0 radical (unpaired) electrons. The first-order chi connectivity index (χ1) is 11.3. The van der Waals surface area contributed by atoms with Gasteiger partial charge in [-0.15, -0.1) is 0 Å². The lowest BCUT2D eigenvalue weighted by Gasteiger charge is -2.29. The molecular formula is C18H21Cl2N3O. The van der Waals surface area contributed by atoms with Gasteiger partial charge in [0.1, 0.15) is 5.82 Å². The predicted octanol–water partition coefficient (Wildman–Crippen LogP) is 3.93. The Morgan fingerprint density at radius 3 is 2.54 bits per heavy atom. The van der Waals surface area contributed by atoms with E-state index in [4.69, 9.17) is 23.2 Å². The summed E-state index contributed by atoms with van der Waals surface area (Å²) in [5.74, 6) is 0.744. The van der Waals surface area contributed by atoms with Crippen molar-refractivity contribution in [3.63, 3.8) is 0 Å². The molecule has 2 heterocycles. The van der Waals surface area contributed by atoms with Crippen molar-refractivity contribution in [1.29, 1.82) is 0 Å². The van der Waals surface area contributed by atoms with Crippen molar-refractivity contribution in [2.24, 2.45) is 0 Å². The SMILES string of the molecule is CC(C)(C)c1nc2c(c(=O)[nH]1)CN(Cc1c(Cl)cccc1Cl)CC2. The van der Waals surface area contributed by atoms with E-state index in [1.54, 1.807) is 0 Å². The molecule has 3 rings (SSSR count). The molecule has 1 aromatic carbocycles. The van der Waals surface area contributed by atoms with E-state index in [2.05, 4.69) is 14.9 Å². The van der Waals surface area contributed by atoms with Crippen LogP contribution in [0.2, 0.25) is 10.0 Å². The first-order valence-electron chi connectivity index (χ1n) is 8.03. The van der Waals surface area contributed by atoms with Crippen LogP contribution in [0, 0.1) is 0 Å². The summed E-state index contributed by atoms with van der Waals surface area (Å²) in [6.45, 7) is 8.15. The van der Waals surface area contributed by atoms with Gasteiger partial charge in [-0.25, -0.2) is 4.98 Å². The number of hydrogen-bond acceptors (Lipinski definition) is 3. The number of fused-ring (bicyclic) bond motifs is 1. The zero-order valence-corrected chi connectivity index (χ0v) is 15.6. The molecular weight excluding hydrogens is 345 g/mol. The Labute approximate surface area is 151 Å². The fraction of sp³-hybridized carbons (Fsp3) is 0.444. The van der Waals surface area contributed by atoms with Crippen LogP contribution < -0.4 is 5.56 Å². The lowest BCUT2D eigenvalue weighted by Crippen LogP contribution is -2.37. The average Bonchev–Trinajstić information content (AvgIpc) is 2.50. The molecule has 4 nitrogen and oxygen atoms in total. The minimum absolute atomic E-state index is 0.0418. The van der Waals surface area contributed by atoms with Crippen molar-refractivity contribution >= 4 is 23.2 Å². The molecule has 1 aromatic heterocycles. The molecule has 1 aliphatic rings. The third-order valence-electron chi connectivity index (χ3n) is 4.30. The number of aromatic nitrogens is 2. The highest BCUT2D eigenvalue weighted by molar-refractivity contribution is 6.35. The van der Waals surface area contributed by atoms with Crippen LogP contribution in [0.15, 0.2) is 23.0 Å². The van der Waals surface area contributed by atoms with Crippen LogP contribution in [0.1, 0.15) is 43.4 Å². The average molecular weight is 366 g/mol. The fourth-order valence-corrected chi connectivity index (χ4v) is 3.40. The van der Waals surface area contributed by atoms with Crippen LogP contribution in [-0.4, -0.2) is 21.4 Å². The maximum atomic E-state index is 12.5. The van der Waals surface area contributed by atoms with E-state index >= 15 is 0 Å². The van der Waals surface area contributed by atoms with Crippen LogP contribution in [0.25, 0.3) is 0 Å². The van der Waals surface area contributed by atoms with Gasteiger partial charge in [-0.2, -0.15) is 0 Å². The maximum absolute atomic E-state index is 12.5. The highest BCUT2D eigenvalue weighted by atomic mass is 35.5. The van der Waals surface area contributed by atoms with Gasteiger partial charge in [0.25, 0.3) is 5.56 Å². The molecule has 0 saturated heterocycles. The van der Waals surface area contributed by atoms with E-state index in [9.17, 15) is 4.79 Å². The molecule has 0 bridgehead atoms. The summed E-state index contributed by atoms with van der Waals surface area (Å²) in [7, 11) is 0. The molecule has 0 spiro atoms. The second-order valence-corrected chi connectivity index (χ2v) is 8.07. The molecule has 0 saturated carbocycles. The topological polar surface area (TPSA) is 49.0 Å². The summed E-state index contributed by atoms with van der Waals surface area (Å²) in [5, 5.41) is 1.31. The number of hydrogen-bond donors (Lipinski definition) is 1. The fourth-order valence-electron chi connectivity index (χ4n) is 2.88. The number of benzene rings is 1. The smallest absolute Gasteiger partial charge is 0.255 e. The van der Waals surface area contributed by atoms with Crippen molar-refractivity contribution in [3.05, 3.63) is 61.2 Å². The van der Waals surface area contributed by atoms with E-state index in [-0.39, 0.29) is 11.0 Å². The molecule has 1 N–H and O–H groups in total. The van der Waals surface area contributed by atoms with Crippen molar-refractivity contribution in [1.82, 2.24) is 14.9 Å². The van der Waals surface area contributed by atoms with Crippen molar-refractivity contribution < 1.29 is 0 Å². The number of nitrogens with one attached hydrogen (secondary N) is 1. The molecule has 0 atom stereocenters. The van der Waals surface area contributed by atoms with E-state index in [1.165, 1.54) is 0 Å². The van der Waals surface area contributed by atoms with Crippen LogP contribution in [0.4, 0.5) is 0 Å². The second-order valence-electron chi connectivity index (χ2n) is 7.25. The van der Waals surface area contributed by atoms with Crippen LogP contribution in [-0.2, 0) is 24.9 Å². The quantitative estimate of drug-likeness (QED) is 0.876. The van der Waals surface area contributed by atoms with E-state index in [0.29, 0.717) is 23.1 Å². The van der Waals surface area contributed by atoms with Gasteiger partial charge in [0.05, 0.1) is 11.3 Å². The van der Waals surface area contributed by atoms with Crippen molar-refractivity contribution in [2.45, 2.75) is 45.7 Å². The van der Waals surface area contributed by atoms with E-state index < -0.39 is 0 Å². The van der Waals surface area contributed by atoms with Gasteiger partial charge in [0, 0.05) is 47.1 Å². The summed E-state index contributed by atoms with van der Waals surface area (Å²) >= 11 is 12.5. The van der Waals surface area contributed by atoms with Gasteiger partial charge >= 0.3 is 0 Å². The summed E-state index contributed by atoms with van der Waals surface area (Å²) < 4.78 is 0. The van der Waals surface area contributed by atoms with Gasteiger partial charge in [0.2, 0.25) is 0 Å². The van der Waals surface area contributed by atoms with Crippen LogP contribution >= 0.6 is 23.2 Å². The third kappa shape index (κ3) is 3.51. The largest absolute Gasteiger partial charge is 0.310 e. The molecule has 0 amide bonds. The number of H-pyrrole nitrogens is 1. The highest BCUT2D eigenvalue weighted by Gasteiger charge is 2.25. The Hall–Kier alpha value is -1.36. The monoisotopic (exact) mass is 365 g/mol. The molecule has 1 aliphatic heterocycles. The first kappa shape index (κ1) is 17.5. The molecule has 24 heavy (non-hydrogen) atoms. The molecule has 2 aromatic rings. The number of rotatable bonds is 2. The summed E-state index contributed by atoms with van der Waals surface area (Å²) in [6, 6.07) is 5.51. The molecule has 0 fully saturated rings. The Bertz CT molecular complexity index is 804. The van der Waals surface area contributed by atoms with Crippen molar-refractivity contribution in [2.75, 3.05) is 6.54 Å². The van der Waals surface area contributed by atoms with Gasteiger partial charge in [0.15, 0.2) is 0 Å². The predicted molar refractivity (Wildman–Crippen MR) is 97.8 cm³/mol. The lowest BCUT2D eigenvalue weighted by molar-refractivity contribution is 0.241. The van der Waals surface area contributed by atoms with E-state index in [1.807, 2.05) is 39.0 Å². The zero-order valence-electron chi connectivity index (χ0n) is 14.1. The number of aromatic amines is 1. The normalized spacial score (nSPS) is 15.4. The maximum Gasteiger partial charge on any atom is 0.255 e. The standard InChI is InChI=1S/C18H21Cl2N3O/c1-18(2,3)17-21-15-7-8-23(10-12(15)16(24)22-17)9-11-13(19)5-4-6-14(11)20/h4-6H,7-10H2,1-3H3,(H,21,22,24). The minimum Gasteiger partial charge on any atom is -0.310 e.